The Labute approximate surface area is 115 Å². The summed E-state index contributed by atoms with van der Waals surface area (Å²) >= 11 is 9.33. The topological polar surface area (TPSA) is 40.5 Å². The van der Waals surface area contributed by atoms with Crippen LogP contribution in [-0.4, -0.2) is 35.6 Å². The van der Waals surface area contributed by atoms with Gasteiger partial charge in [-0.2, -0.15) is 0 Å². The van der Waals surface area contributed by atoms with Gasteiger partial charge in [-0.1, -0.05) is 27.5 Å². The highest BCUT2D eigenvalue weighted by Crippen LogP contribution is 2.22. The molecule has 0 fully saturated rings. The van der Waals surface area contributed by atoms with Gasteiger partial charge in [-0.15, -0.1) is 0 Å². The lowest BCUT2D eigenvalue weighted by Gasteiger charge is -2.21. The third kappa shape index (κ3) is 3.98. The smallest absolute Gasteiger partial charge is 0.255 e. The first-order chi connectivity index (χ1) is 8.10. The molecule has 0 aromatic heterocycles. The Morgan fingerprint density at radius 1 is 1.53 bits per heavy atom. The summed E-state index contributed by atoms with van der Waals surface area (Å²) in [7, 11) is 0. The average Bonchev–Trinajstić information content (AvgIpc) is 2.29. The van der Waals surface area contributed by atoms with E-state index in [9.17, 15) is 4.79 Å². The fraction of sp³-hybridized carbons (Fsp3) is 0.417. The normalized spacial score (nSPS) is 10.4. The maximum absolute atomic E-state index is 12.2. The zero-order valence-electron chi connectivity index (χ0n) is 9.62. The molecular formula is C12H15BrClNO2. The van der Waals surface area contributed by atoms with Gasteiger partial charge in [0.2, 0.25) is 0 Å². The van der Waals surface area contributed by atoms with Crippen LogP contribution < -0.4 is 0 Å². The predicted molar refractivity (Wildman–Crippen MR) is 72.4 cm³/mol. The maximum Gasteiger partial charge on any atom is 0.255 e. The molecule has 0 saturated heterocycles. The highest BCUT2D eigenvalue weighted by Gasteiger charge is 2.16. The Balaban J connectivity index is 2.86. The molecule has 1 aromatic rings. The molecule has 0 bridgehead atoms. The molecule has 0 aliphatic carbocycles. The number of rotatable bonds is 5. The second kappa shape index (κ2) is 6.99. The van der Waals surface area contributed by atoms with Gasteiger partial charge in [0.05, 0.1) is 10.6 Å². The van der Waals surface area contributed by atoms with Gasteiger partial charge < -0.3 is 10.0 Å². The van der Waals surface area contributed by atoms with E-state index in [0.29, 0.717) is 30.1 Å². The minimum absolute atomic E-state index is 0.0812. The quantitative estimate of drug-likeness (QED) is 0.906. The first-order valence-corrected chi connectivity index (χ1v) is 6.62. The van der Waals surface area contributed by atoms with Crippen molar-refractivity contribution in [1.82, 2.24) is 4.90 Å². The predicted octanol–water partition coefficient (Wildman–Crippen LogP) is 2.95. The number of aliphatic hydroxyl groups is 1. The van der Waals surface area contributed by atoms with Crippen LogP contribution in [0.1, 0.15) is 23.7 Å². The van der Waals surface area contributed by atoms with Gasteiger partial charge in [-0.25, -0.2) is 0 Å². The molecule has 0 unspecified atom stereocenters. The lowest BCUT2D eigenvalue weighted by atomic mass is 10.2. The van der Waals surface area contributed by atoms with Crippen LogP contribution >= 0.6 is 27.5 Å². The van der Waals surface area contributed by atoms with Crippen molar-refractivity contribution in [2.45, 2.75) is 13.3 Å². The molecular weight excluding hydrogens is 305 g/mol. The van der Waals surface area contributed by atoms with Crippen molar-refractivity contribution in [2.75, 3.05) is 19.7 Å². The van der Waals surface area contributed by atoms with Crippen molar-refractivity contribution < 1.29 is 9.90 Å². The van der Waals surface area contributed by atoms with E-state index in [1.807, 2.05) is 6.92 Å². The summed E-state index contributed by atoms with van der Waals surface area (Å²) in [6, 6.07) is 5.20. The molecule has 0 heterocycles. The summed E-state index contributed by atoms with van der Waals surface area (Å²) in [6.07, 6.45) is 0.577. The minimum Gasteiger partial charge on any atom is -0.396 e. The SMILES string of the molecule is CCN(CCCO)C(=O)c1ccc(Br)cc1Cl. The summed E-state index contributed by atoms with van der Waals surface area (Å²) < 4.78 is 0.845. The third-order valence-electron chi connectivity index (χ3n) is 2.42. The van der Waals surface area contributed by atoms with Crippen molar-refractivity contribution in [1.29, 1.82) is 0 Å². The van der Waals surface area contributed by atoms with Gasteiger partial charge in [0.15, 0.2) is 0 Å². The average molecular weight is 321 g/mol. The van der Waals surface area contributed by atoms with Gasteiger partial charge in [-0.3, -0.25) is 4.79 Å². The largest absolute Gasteiger partial charge is 0.396 e. The van der Waals surface area contributed by atoms with E-state index < -0.39 is 0 Å². The highest BCUT2D eigenvalue weighted by atomic mass is 79.9. The summed E-state index contributed by atoms with van der Waals surface area (Å²) in [5.41, 5.74) is 0.495. The second-order valence-electron chi connectivity index (χ2n) is 3.59. The molecule has 1 rings (SSSR count). The van der Waals surface area contributed by atoms with Gasteiger partial charge >= 0.3 is 0 Å². The van der Waals surface area contributed by atoms with Crippen molar-refractivity contribution in [3.63, 3.8) is 0 Å². The van der Waals surface area contributed by atoms with Crippen LogP contribution in [0.15, 0.2) is 22.7 Å². The lowest BCUT2D eigenvalue weighted by Crippen LogP contribution is -2.32. The number of benzene rings is 1. The summed E-state index contributed by atoms with van der Waals surface area (Å²) in [5, 5.41) is 9.22. The molecule has 17 heavy (non-hydrogen) atoms. The first-order valence-electron chi connectivity index (χ1n) is 5.45. The summed E-state index contributed by atoms with van der Waals surface area (Å²) in [5.74, 6) is -0.0987. The van der Waals surface area contributed by atoms with Crippen molar-refractivity contribution in [2.24, 2.45) is 0 Å². The number of halogens is 2. The van der Waals surface area contributed by atoms with Crippen LogP contribution in [0.25, 0.3) is 0 Å². The summed E-state index contributed by atoms with van der Waals surface area (Å²) in [4.78, 5) is 13.8. The molecule has 0 aliphatic heterocycles. The number of carbonyl (C=O) groups is 1. The third-order valence-corrected chi connectivity index (χ3v) is 3.22. The molecule has 1 aromatic carbocycles. The van der Waals surface area contributed by atoms with Crippen molar-refractivity contribution in [3.8, 4) is 0 Å². The number of carbonyl (C=O) groups excluding carboxylic acids is 1. The van der Waals surface area contributed by atoms with E-state index >= 15 is 0 Å². The van der Waals surface area contributed by atoms with Crippen molar-refractivity contribution >= 4 is 33.4 Å². The molecule has 0 atom stereocenters. The van der Waals surface area contributed by atoms with Gasteiger partial charge in [0.1, 0.15) is 0 Å². The van der Waals surface area contributed by atoms with Crippen molar-refractivity contribution in [3.05, 3.63) is 33.3 Å². The molecule has 0 aliphatic rings. The Kier molecular flexibility index (Phi) is 5.95. The Bertz CT molecular complexity index is 398. The minimum atomic E-state index is -0.0987. The number of aliphatic hydroxyl groups excluding tert-OH is 1. The molecule has 0 radical (unpaired) electrons. The Morgan fingerprint density at radius 2 is 2.24 bits per heavy atom. The summed E-state index contributed by atoms with van der Waals surface area (Å²) in [6.45, 7) is 3.13. The van der Waals surface area contributed by atoms with Crippen LogP contribution in [0, 0.1) is 0 Å². The fourth-order valence-corrected chi connectivity index (χ4v) is 2.25. The lowest BCUT2D eigenvalue weighted by molar-refractivity contribution is 0.0754. The monoisotopic (exact) mass is 319 g/mol. The molecule has 0 spiro atoms. The standard InChI is InChI=1S/C12H15BrClNO2/c1-2-15(6-3-7-16)12(17)10-5-4-9(13)8-11(10)14/h4-5,8,16H,2-3,6-7H2,1H3. The van der Waals surface area contributed by atoms with Crippen LogP contribution in [0.2, 0.25) is 5.02 Å². The Morgan fingerprint density at radius 3 is 2.76 bits per heavy atom. The first kappa shape index (κ1) is 14.5. The van der Waals surface area contributed by atoms with E-state index in [4.69, 9.17) is 16.7 Å². The van der Waals surface area contributed by atoms with Gasteiger partial charge in [0.25, 0.3) is 5.91 Å². The van der Waals surface area contributed by atoms with E-state index in [0.717, 1.165) is 4.47 Å². The second-order valence-corrected chi connectivity index (χ2v) is 4.91. The van der Waals surface area contributed by atoms with E-state index in [2.05, 4.69) is 15.9 Å². The number of amides is 1. The van der Waals surface area contributed by atoms with E-state index in [1.165, 1.54) is 0 Å². The molecule has 1 N–H and O–H groups in total. The van der Waals surface area contributed by atoms with Gasteiger partial charge in [0, 0.05) is 24.2 Å². The molecule has 1 amide bonds. The van der Waals surface area contributed by atoms with Crippen LogP contribution in [0.5, 0.6) is 0 Å². The van der Waals surface area contributed by atoms with E-state index in [1.54, 1.807) is 23.1 Å². The van der Waals surface area contributed by atoms with Gasteiger partial charge in [-0.05, 0) is 31.5 Å². The fourth-order valence-electron chi connectivity index (χ4n) is 1.50. The van der Waals surface area contributed by atoms with E-state index in [-0.39, 0.29) is 12.5 Å². The zero-order chi connectivity index (χ0) is 12.8. The molecule has 3 nitrogen and oxygen atoms in total. The number of hydrogen-bond donors (Lipinski definition) is 1. The van der Waals surface area contributed by atoms with Crippen LogP contribution in [0.3, 0.4) is 0 Å². The number of nitrogens with zero attached hydrogens (tertiary/aromatic N) is 1. The molecule has 5 heteroatoms. The number of hydrogen-bond acceptors (Lipinski definition) is 2. The van der Waals surface area contributed by atoms with Crippen LogP contribution in [-0.2, 0) is 0 Å². The Hall–Kier alpha value is -0.580. The zero-order valence-corrected chi connectivity index (χ0v) is 12.0. The molecule has 94 valence electrons. The maximum atomic E-state index is 12.2. The highest BCUT2D eigenvalue weighted by molar-refractivity contribution is 9.10. The molecule has 0 saturated carbocycles. The van der Waals surface area contributed by atoms with Crippen LogP contribution in [0.4, 0.5) is 0 Å².